The molecule has 4 N–H and O–H groups in total. The fraction of sp³-hybridized carbons (Fsp3) is 0.222. The molecule has 0 spiro atoms. The van der Waals surface area contributed by atoms with Gasteiger partial charge in [0.25, 0.3) is 0 Å². The zero-order chi connectivity index (χ0) is 11.4. The molecular formula is C9H11NO5. The predicted octanol–water partition coefficient (Wildman–Crippen LogP) is 0.363. The number of benzene rings is 1. The highest BCUT2D eigenvalue weighted by Crippen LogP contribution is 2.27. The molecule has 0 bridgehead atoms. The molecule has 6 heteroatoms. The number of hydrogen-bond donors (Lipinski definition) is 4. The third kappa shape index (κ3) is 2.36. The van der Waals surface area contributed by atoms with Gasteiger partial charge in [-0.1, -0.05) is 0 Å². The second-order valence-electron chi connectivity index (χ2n) is 2.82. The van der Waals surface area contributed by atoms with Crippen LogP contribution in [-0.2, 0) is 11.3 Å². The molecule has 1 aromatic carbocycles. The van der Waals surface area contributed by atoms with Gasteiger partial charge in [0, 0.05) is 18.2 Å². The van der Waals surface area contributed by atoms with Gasteiger partial charge < -0.3 is 20.2 Å². The van der Waals surface area contributed by atoms with Crippen LogP contribution in [0.15, 0.2) is 12.1 Å². The van der Waals surface area contributed by atoms with E-state index in [1.165, 1.54) is 13.2 Å². The van der Waals surface area contributed by atoms with Crippen molar-refractivity contribution in [3.63, 3.8) is 0 Å². The highest BCUT2D eigenvalue weighted by Gasteiger charge is 2.15. The summed E-state index contributed by atoms with van der Waals surface area (Å²) in [6.45, 7) is -0.0455. The van der Waals surface area contributed by atoms with E-state index < -0.39 is 5.97 Å². The minimum Gasteiger partial charge on any atom is -0.507 e. The van der Waals surface area contributed by atoms with Crippen molar-refractivity contribution in [3.8, 4) is 11.5 Å². The Bertz CT molecular complexity index is 377. The summed E-state index contributed by atoms with van der Waals surface area (Å²) >= 11 is 0. The summed E-state index contributed by atoms with van der Waals surface area (Å²) < 4.78 is 4.43. The van der Waals surface area contributed by atoms with Crippen molar-refractivity contribution in [2.75, 3.05) is 7.11 Å². The Labute approximate surface area is 85.7 Å². The number of phenols is 2. The van der Waals surface area contributed by atoms with Crippen LogP contribution in [0.1, 0.15) is 15.9 Å². The highest BCUT2D eigenvalue weighted by atomic mass is 16.5. The topological polar surface area (TPSA) is 99.0 Å². The molecule has 0 aromatic heterocycles. The van der Waals surface area contributed by atoms with E-state index in [1.54, 1.807) is 0 Å². The first-order valence-electron chi connectivity index (χ1n) is 4.10. The summed E-state index contributed by atoms with van der Waals surface area (Å²) in [5.74, 6) is -1.31. The number of esters is 1. The van der Waals surface area contributed by atoms with Gasteiger partial charge in [0.05, 0.1) is 7.11 Å². The minimum absolute atomic E-state index is 0.0455. The molecule has 0 radical (unpaired) electrons. The zero-order valence-electron chi connectivity index (χ0n) is 8.02. The number of methoxy groups -OCH3 is 1. The minimum atomic E-state index is -0.716. The highest BCUT2D eigenvalue weighted by molar-refractivity contribution is 5.92. The van der Waals surface area contributed by atoms with E-state index in [2.05, 4.69) is 4.74 Å². The molecule has 6 nitrogen and oxygen atoms in total. The van der Waals surface area contributed by atoms with E-state index in [-0.39, 0.29) is 29.2 Å². The normalized spacial score (nSPS) is 10.0. The molecule has 0 aliphatic rings. The summed E-state index contributed by atoms with van der Waals surface area (Å²) in [5, 5.41) is 27.1. The van der Waals surface area contributed by atoms with Gasteiger partial charge in [0.1, 0.15) is 17.1 Å². The van der Waals surface area contributed by atoms with Crippen molar-refractivity contribution < 1.29 is 25.0 Å². The largest absolute Gasteiger partial charge is 0.507 e. The van der Waals surface area contributed by atoms with E-state index in [0.717, 1.165) is 6.07 Å². The summed E-state index contributed by atoms with van der Waals surface area (Å²) in [6.07, 6.45) is 0. The number of nitrogens with one attached hydrogen (secondary N) is 1. The van der Waals surface area contributed by atoms with E-state index in [0.29, 0.717) is 0 Å². The molecular weight excluding hydrogens is 202 g/mol. The van der Waals surface area contributed by atoms with Gasteiger partial charge in [-0.15, -0.1) is 0 Å². The molecule has 0 aliphatic heterocycles. The third-order valence-corrected chi connectivity index (χ3v) is 1.87. The van der Waals surface area contributed by atoms with Crippen LogP contribution in [0.2, 0.25) is 0 Å². The average molecular weight is 213 g/mol. The van der Waals surface area contributed by atoms with Gasteiger partial charge in [-0.05, 0) is 6.07 Å². The van der Waals surface area contributed by atoms with Gasteiger partial charge in [-0.2, -0.15) is 0 Å². The van der Waals surface area contributed by atoms with Crippen LogP contribution in [0.25, 0.3) is 0 Å². The molecule has 0 atom stereocenters. The molecule has 0 amide bonds. The quantitative estimate of drug-likeness (QED) is 0.427. The summed E-state index contributed by atoms with van der Waals surface area (Å²) in [7, 11) is 1.18. The maximum atomic E-state index is 11.2. The fourth-order valence-electron chi connectivity index (χ4n) is 1.12. The first-order valence-corrected chi connectivity index (χ1v) is 4.10. The Morgan fingerprint density at radius 2 is 2.07 bits per heavy atom. The van der Waals surface area contributed by atoms with Crippen LogP contribution in [0.4, 0.5) is 0 Å². The number of hydrogen-bond acceptors (Lipinski definition) is 6. The van der Waals surface area contributed by atoms with Gasteiger partial charge >= 0.3 is 5.97 Å². The lowest BCUT2D eigenvalue weighted by molar-refractivity contribution is 0.0597. The van der Waals surface area contributed by atoms with Crippen LogP contribution in [0.5, 0.6) is 11.5 Å². The van der Waals surface area contributed by atoms with Gasteiger partial charge in [0.15, 0.2) is 0 Å². The van der Waals surface area contributed by atoms with E-state index in [9.17, 15) is 15.0 Å². The van der Waals surface area contributed by atoms with Crippen molar-refractivity contribution in [2.24, 2.45) is 0 Å². The Hall–Kier alpha value is -1.79. The number of rotatable bonds is 3. The van der Waals surface area contributed by atoms with Crippen molar-refractivity contribution in [3.05, 3.63) is 23.3 Å². The molecule has 1 rings (SSSR count). The summed E-state index contributed by atoms with van der Waals surface area (Å²) in [4.78, 5) is 11.2. The van der Waals surface area contributed by atoms with Crippen LogP contribution >= 0.6 is 0 Å². The number of hydroxylamine groups is 1. The van der Waals surface area contributed by atoms with Crippen molar-refractivity contribution >= 4 is 5.97 Å². The van der Waals surface area contributed by atoms with Gasteiger partial charge in [0.2, 0.25) is 0 Å². The van der Waals surface area contributed by atoms with Crippen molar-refractivity contribution in [2.45, 2.75) is 6.54 Å². The van der Waals surface area contributed by atoms with Gasteiger partial charge in [-0.3, -0.25) is 0 Å². The lowest BCUT2D eigenvalue weighted by atomic mass is 10.1. The Balaban J connectivity index is 3.17. The molecule has 0 saturated carbocycles. The second kappa shape index (κ2) is 4.63. The first-order chi connectivity index (χ1) is 7.10. The Morgan fingerprint density at radius 1 is 1.40 bits per heavy atom. The molecule has 0 fully saturated rings. The molecule has 1 aromatic rings. The maximum Gasteiger partial charge on any atom is 0.341 e. The number of carbonyl (C=O) groups excluding carboxylic acids is 1. The van der Waals surface area contributed by atoms with Crippen LogP contribution in [0, 0.1) is 0 Å². The standard InChI is InChI=1S/C9H11NO5/c1-15-9(13)6-2-5(4-10-14)7(11)3-8(6)12/h2-3,10-12,14H,4H2,1H3. The van der Waals surface area contributed by atoms with Crippen molar-refractivity contribution in [1.82, 2.24) is 5.48 Å². The van der Waals surface area contributed by atoms with E-state index >= 15 is 0 Å². The van der Waals surface area contributed by atoms with Gasteiger partial charge in [-0.25, -0.2) is 10.3 Å². The molecule has 0 saturated heterocycles. The average Bonchev–Trinajstić information content (AvgIpc) is 2.21. The maximum absolute atomic E-state index is 11.2. The SMILES string of the molecule is COC(=O)c1cc(CNO)c(O)cc1O. The number of phenolic OH excluding ortho intramolecular Hbond substituents is 2. The second-order valence-corrected chi connectivity index (χ2v) is 2.82. The smallest absolute Gasteiger partial charge is 0.341 e. The lowest BCUT2D eigenvalue weighted by Gasteiger charge is -2.07. The van der Waals surface area contributed by atoms with Crippen molar-refractivity contribution in [1.29, 1.82) is 0 Å². The molecule has 15 heavy (non-hydrogen) atoms. The zero-order valence-corrected chi connectivity index (χ0v) is 8.02. The van der Waals surface area contributed by atoms with Crippen LogP contribution in [-0.4, -0.2) is 28.5 Å². The molecule has 0 heterocycles. The van der Waals surface area contributed by atoms with Crippen LogP contribution < -0.4 is 5.48 Å². The molecule has 0 aliphatic carbocycles. The summed E-state index contributed by atoms with van der Waals surface area (Å²) in [5.41, 5.74) is 2.04. The fourth-order valence-corrected chi connectivity index (χ4v) is 1.12. The third-order valence-electron chi connectivity index (χ3n) is 1.87. The number of carbonyl (C=O) groups is 1. The monoisotopic (exact) mass is 213 g/mol. The van der Waals surface area contributed by atoms with E-state index in [1.807, 2.05) is 5.48 Å². The Kier molecular flexibility index (Phi) is 3.48. The first kappa shape index (κ1) is 11.3. The molecule has 82 valence electrons. The van der Waals surface area contributed by atoms with Crippen LogP contribution in [0.3, 0.4) is 0 Å². The predicted molar refractivity (Wildman–Crippen MR) is 49.7 cm³/mol. The van der Waals surface area contributed by atoms with E-state index in [4.69, 9.17) is 5.21 Å². The molecule has 0 unspecified atom stereocenters. The Morgan fingerprint density at radius 3 is 2.60 bits per heavy atom. The summed E-state index contributed by atoms with van der Waals surface area (Å²) in [6, 6.07) is 2.25. The lowest BCUT2D eigenvalue weighted by Crippen LogP contribution is -2.08. The number of aromatic hydroxyl groups is 2. The number of ether oxygens (including phenoxy) is 1.